The summed E-state index contributed by atoms with van der Waals surface area (Å²) in [5.41, 5.74) is 5.19. The second-order valence-corrected chi connectivity index (χ2v) is 13.4. The quantitative estimate of drug-likeness (QED) is 0.115. The van der Waals surface area contributed by atoms with Gasteiger partial charge in [0.05, 0.1) is 34.2 Å². The first-order valence-electron chi connectivity index (χ1n) is 18.0. The zero-order valence-corrected chi connectivity index (χ0v) is 32.1. The summed E-state index contributed by atoms with van der Waals surface area (Å²) in [5, 5.41) is 36.8. The topological polar surface area (TPSA) is 184 Å². The fourth-order valence-electron chi connectivity index (χ4n) is 5.47. The second-order valence-electron chi connectivity index (χ2n) is 13.4. The molecule has 3 saturated heterocycles. The van der Waals surface area contributed by atoms with Crippen LogP contribution in [-0.4, -0.2) is 108 Å². The van der Waals surface area contributed by atoms with Crippen molar-refractivity contribution < 1.29 is 43.4 Å². The van der Waals surface area contributed by atoms with E-state index < -0.39 is 33.0 Å². The summed E-state index contributed by atoms with van der Waals surface area (Å²) in [6.45, 7) is 7.38. The number of hydrogen-bond donors (Lipinski definition) is 2. The molecule has 56 heavy (non-hydrogen) atoms. The van der Waals surface area contributed by atoms with Crippen LogP contribution in [0.2, 0.25) is 0 Å². The number of aliphatic hydroxyl groups is 1. The van der Waals surface area contributed by atoms with Gasteiger partial charge in [0.25, 0.3) is 11.4 Å². The lowest BCUT2D eigenvalue weighted by Crippen LogP contribution is -2.35. The molecule has 0 atom stereocenters. The molecule has 0 unspecified atom stereocenters. The van der Waals surface area contributed by atoms with Crippen LogP contribution in [0.3, 0.4) is 0 Å². The van der Waals surface area contributed by atoms with Crippen LogP contribution in [0.25, 0.3) is 0 Å². The van der Waals surface area contributed by atoms with Crippen molar-refractivity contribution in [2.24, 2.45) is 0 Å². The van der Waals surface area contributed by atoms with Crippen molar-refractivity contribution in [3.63, 3.8) is 0 Å². The lowest BCUT2D eigenvalue weighted by atomic mass is 10.1. The van der Waals surface area contributed by atoms with Crippen LogP contribution in [-0.2, 0) is 0 Å². The molecular weight excluding hydrogens is 742 g/mol. The zero-order valence-electron chi connectivity index (χ0n) is 32.1. The number of non-ortho nitro benzene ring substituents is 2. The first-order valence-corrected chi connectivity index (χ1v) is 18.0. The summed E-state index contributed by atoms with van der Waals surface area (Å²) in [5.74, 6) is -2.95. The van der Waals surface area contributed by atoms with Gasteiger partial charge in [-0.15, -0.1) is 0 Å². The lowest BCUT2D eigenvalue weighted by molar-refractivity contribution is -0.385. The zero-order chi connectivity index (χ0) is 41.8. The molecule has 3 fully saturated rings. The number of nitrogens with two attached hydrogens (primary N) is 1. The molecule has 0 aliphatic carbocycles. The highest BCUT2D eigenvalue weighted by Crippen LogP contribution is 2.26. The van der Waals surface area contributed by atoms with Crippen LogP contribution in [0.15, 0.2) is 54.6 Å². The van der Waals surface area contributed by atoms with Crippen LogP contribution in [0.4, 0.5) is 34.6 Å². The van der Waals surface area contributed by atoms with E-state index in [0.29, 0.717) is 23.6 Å². The van der Waals surface area contributed by atoms with Gasteiger partial charge in [-0.2, -0.15) is 5.26 Å². The first kappa shape index (κ1) is 47.1. The molecule has 3 heterocycles. The summed E-state index contributed by atoms with van der Waals surface area (Å²) in [6, 6.07) is 11.9. The number of hydrogen-bond acceptors (Lipinski definition) is 12. The Morgan fingerprint density at radius 2 is 1.04 bits per heavy atom. The molecule has 3 aromatic carbocycles. The average molecular weight is 796 g/mol. The van der Waals surface area contributed by atoms with E-state index in [2.05, 4.69) is 28.8 Å². The monoisotopic (exact) mass is 795 g/mol. The summed E-state index contributed by atoms with van der Waals surface area (Å²) in [6.07, 6.45) is 5.56. The van der Waals surface area contributed by atoms with Crippen molar-refractivity contribution in [2.75, 3.05) is 66.1 Å². The van der Waals surface area contributed by atoms with Gasteiger partial charge in [-0.3, -0.25) is 20.2 Å². The molecule has 0 spiro atoms. The number of nitriles is 1. The van der Waals surface area contributed by atoms with Gasteiger partial charge in [-0.1, -0.05) is 0 Å². The first-order chi connectivity index (χ1) is 26.5. The molecule has 3 aliphatic heterocycles. The molecular formula is C38H53F4N7O7. The number of rotatable bonds is 6. The van der Waals surface area contributed by atoms with E-state index in [1.807, 2.05) is 7.05 Å². The van der Waals surface area contributed by atoms with E-state index in [-0.39, 0.29) is 37.0 Å². The Morgan fingerprint density at radius 1 is 0.679 bits per heavy atom. The Bertz CT molecular complexity index is 1710. The standard InChI is InChI=1S/C12H15FN2O3.C12H17FN2O.C6H3F2NO2.C6H13NO.C2H3N.H2/c1-14-6-4-10(5-7-14)18-12-3-2-9(15(16)17)8-11(12)13;1-15-6-4-10(5-7-15)16-12-3-2-9(14)8-11(12)13;7-5-2-1-4(9(10)11)3-6(5)8;1-7-4-2-6(8)3-5-7;1-2-3;/h2-3,8,10H,4-7H2,1H3;2-3,8,10H,4-7,14H2,1H3;1-3H;6,8H,2-5H2,1H3;1H3;1H. The molecule has 14 nitrogen and oxygen atoms in total. The van der Waals surface area contributed by atoms with Gasteiger partial charge >= 0.3 is 0 Å². The minimum Gasteiger partial charge on any atom is -0.487 e. The molecule has 0 bridgehead atoms. The van der Waals surface area contributed by atoms with Crippen LogP contribution in [0, 0.1) is 54.8 Å². The fraction of sp³-hybridized carbons (Fsp3) is 0.500. The highest BCUT2D eigenvalue weighted by atomic mass is 19.2. The van der Waals surface area contributed by atoms with Crippen molar-refractivity contribution >= 4 is 17.1 Å². The van der Waals surface area contributed by atoms with Gasteiger partial charge in [0, 0.05) is 71.5 Å². The second kappa shape index (κ2) is 24.4. The minimum absolute atomic E-state index is 0. The summed E-state index contributed by atoms with van der Waals surface area (Å²) in [7, 11) is 6.20. The number of nitrogens with zero attached hydrogens (tertiary/aromatic N) is 6. The average Bonchev–Trinajstić information content (AvgIpc) is 3.15. The molecule has 0 saturated carbocycles. The number of halogens is 4. The summed E-state index contributed by atoms with van der Waals surface area (Å²) in [4.78, 5) is 25.7. The molecule has 3 aliphatic rings. The highest BCUT2D eigenvalue weighted by Gasteiger charge is 2.21. The summed E-state index contributed by atoms with van der Waals surface area (Å²) >= 11 is 0. The van der Waals surface area contributed by atoms with Gasteiger partial charge in [-0.05, 0) is 83.9 Å². The van der Waals surface area contributed by atoms with Crippen LogP contribution < -0.4 is 15.2 Å². The number of likely N-dealkylation sites (tertiary alicyclic amines) is 3. The molecule has 6 rings (SSSR count). The van der Waals surface area contributed by atoms with Crippen LogP contribution in [0.1, 0.15) is 46.9 Å². The van der Waals surface area contributed by atoms with Gasteiger partial charge in [0.2, 0.25) is 0 Å². The third kappa shape index (κ3) is 17.6. The maximum absolute atomic E-state index is 13.6. The van der Waals surface area contributed by atoms with E-state index in [0.717, 1.165) is 89.9 Å². The van der Waals surface area contributed by atoms with Crippen LogP contribution in [0.5, 0.6) is 11.5 Å². The lowest BCUT2D eigenvalue weighted by Gasteiger charge is -2.29. The third-order valence-corrected chi connectivity index (χ3v) is 8.80. The van der Waals surface area contributed by atoms with Crippen molar-refractivity contribution in [1.82, 2.24) is 14.7 Å². The van der Waals surface area contributed by atoms with E-state index in [1.54, 1.807) is 18.2 Å². The van der Waals surface area contributed by atoms with Crippen molar-refractivity contribution in [2.45, 2.75) is 63.8 Å². The molecule has 3 N–H and O–H groups in total. The van der Waals surface area contributed by atoms with E-state index in [9.17, 15) is 37.8 Å². The van der Waals surface area contributed by atoms with E-state index in [4.69, 9.17) is 25.6 Å². The Kier molecular flexibility index (Phi) is 20.5. The highest BCUT2D eigenvalue weighted by molar-refractivity contribution is 5.43. The van der Waals surface area contributed by atoms with Gasteiger partial charge < -0.3 is 35.0 Å². The Labute approximate surface area is 325 Å². The Hall–Kier alpha value is -5.09. The number of nitrogen functional groups attached to an aromatic ring is 1. The van der Waals surface area contributed by atoms with Gasteiger partial charge in [0.1, 0.15) is 12.2 Å². The number of anilines is 1. The predicted octanol–water partition coefficient (Wildman–Crippen LogP) is 6.81. The number of piperidine rings is 3. The molecule has 0 amide bonds. The summed E-state index contributed by atoms with van der Waals surface area (Å²) < 4.78 is 62.7. The maximum atomic E-state index is 13.6. The molecule has 0 aromatic heterocycles. The minimum atomic E-state index is -1.21. The maximum Gasteiger partial charge on any atom is 0.272 e. The number of ether oxygens (including phenoxy) is 2. The largest absolute Gasteiger partial charge is 0.487 e. The van der Waals surface area contributed by atoms with Crippen molar-refractivity contribution in [1.29, 1.82) is 5.26 Å². The molecule has 310 valence electrons. The van der Waals surface area contributed by atoms with E-state index in [1.165, 1.54) is 25.1 Å². The number of nitro groups is 2. The van der Waals surface area contributed by atoms with Crippen molar-refractivity contribution in [3.8, 4) is 17.6 Å². The Morgan fingerprint density at radius 3 is 1.39 bits per heavy atom. The van der Waals surface area contributed by atoms with E-state index >= 15 is 0 Å². The van der Waals surface area contributed by atoms with Gasteiger partial charge in [-0.25, -0.2) is 17.6 Å². The fourth-order valence-corrected chi connectivity index (χ4v) is 5.47. The van der Waals surface area contributed by atoms with Crippen LogP contribution >= 0.6 is 0 Å². The number of nitro benzene ring substituents is 2. The number of aliphatic hydroxyl groups excluding tert-OH is 1. The smallest absolute Gasteiger partial charge is 0.272 e. The predicted molar refractivity (Wildman–Crippen MR) is 205 cm³/mol. The molecule has 18 heteroatoms. The molecule has 0 radical (unpaired) electrons. The Balaban J connectivity index is 0.000000382. The normalized spacial score (nSPS) is 16.8. The number of benzene rings is 3. The SMILES string of the molecule is CC#N.CN1CCC(O)CC1.CN1CCC(Oc2ccc(N)cc2F)CC1.CN1CCC(Oc2ccc([N+](=O)[O-])cc2F)CC1.O=[N+]([O-])c1ccc(F)c(F)c1.[HH]. The third-order valence-electron chi connectivity index (χ3n) is 8.80. The van der Waals surface area contributed by atoms with Crippen molar-refractivity contribution in [3.05, 3.63) is 98.1 Å². The van der Waals surface area contributed by atoms with Gasteiger partial charge in [0.15, 0.2) is 34.8 Å². The molecule has 3 aromatic rings.